The fraction of sp³-hybridized carbons (Fsp3) is 1.00. The zero-order valence-electron chi connectivity index (χ0n) is 7.96. The average molecular weight is 160 g/mol. The third kappa shape index (κ3) is 7.82. The molecule has 0 fully saturated rings. The Labute approximate surface area is 69.2 Å². The summed E-state index contributed by atoms with van der Waals surface area (Å²) >= 11 is 0. The van der Waals surface area contributed by atoms with Crippen LogP contribution in [0.5, 0.6) is 0 Å². The van der Waals surface area contributed by atoms with E-state index in [0.29, 0.717) is 6.42 Å². The monoisotopic (exact) mass is 160 g/mol. The van der Waals surface area contributed by atoms with Crippen molar-refractivity contribution in [1.29, 1.82) is 0 Å². The van der Waals surface area contributed by atoms with Gasteiger partial charge >= 0.3 is 0 Å². The van der Waals surface area contributed by atoms with Crippen LogP contribution >= 0.6 is 0 Å². The Morgan fingerprint density at radius 1 is 1.18 bits per heavy atom. The van der Waals surface area contributed by atoms with Crippen LogP contribution in [0.25, 0.3) is 0 Å². The lowest BCUT2D eigenvalue weighted by Gasteiger charge is -2.22. The maximum Gasteiger partial charge on any atom is 0.0569 e. The molecule has 0 aromatic rings. The highest BCUT2D eigenvalue weighted by Gasteiger charge is 2.17. The van der Waals surface area contributed by atoms with E-state index >= 15 is 0 Å². The van der Waals surface area contributed by atoms with Gasteiger partial charge in [-0.1, -0.05) is 20.8 Å². The van der Waals surface area contributed by atoms with Gasteiger partial charge in [0.2, 0.25) is 0 Å². The first kappa shape index (κ1) is 10.9. The van der Waals surface area contributed by atoms with E-state index in [2.05, 4.69) is 20.8 Å². The molecular formula is C9H20O2. The average Bonchev–Trinajstić information content (AvgIpc) is 1.53. The smallest absolute Gasteiger partial charge is 0.0569 e. The van der Waals surface area contributed by atoms with Crippen molar-refractivity contribution in [2.24, 2.45) is 5.41 Å². The minimum Gasteiger partial charge on any atom is -0.393 e. The van der Waals surface area contributed by atoms with Crippen molar-refractivity contribution in [2.75, 3.05) is 0 Å². The van der Waals surface area contributed by atoms with E-state index in [0.717, 1.165) is 6.42 Å². The zero-order valence-corrected chi connectivity index (χ0v) is 7.96. The maximum absolute atomic E-state index is 9.40. The lowest BCUT2D eigenvalue weighted by Crippen LogP contribution is -2.21. The van der Waals surface area contributed by atoms with Gasteiger partial charge in [0.05, 0.1) is 12.2 Å². The molecule has 0 saturated heterocycles. The molecule has 0 aliphatic rings. The van der Waals surface area contributed by atoms with Gasteiger partial charge in [0.25, 0.3) is 0 Å². The summed E-state index contributed by atoms with van der Waals surface area (Å²) in [5, 5.41) is 18.4. The third-order valence-electron chi connectivity index (χ3n) is 1.46. The molecule has 2 heteroatoms. The first-order valence-electron chi connectivity index (χ1n) is 4.17. The summed E-state index contributed by atoms with van der Waals surface area (Å²) in [7, 11) is 0. The van der Waals surface area contributed by atoms with E-state index in [1.165, 1.54) is 0 Å². The lowest BCUT2D eigenvalue weighted by molar-refractivity contribution is 0.0628. The van der Waals surface area contributed by atoms with Crippen molar-refractivity contribution in [2.45, 2.75) is 52.7 Å². The molecule has 2 atom stereocenters. The van der Waals surface area contributed by atoms with Crippen LogP contribution in [0, 0.1) is 5.41 Å². The number of aliphatic hydroxyl groups is 2. The highest BCUT2D eigenvalue weighted by Crippen LogP contribution is 2.22. The van der Waals surface area contributed by atoms with Crippen molar-refractivity contribution in [3.63, 3.8) is 0 Å². The van der Waals surface area contributed by atoms with Gasteiger partial charge in [-0.2, -0.15) is 0 Å². The largest absolute Gasteiger partial charge is 0.393 e. The third-order valence-corrected chi connectivity index (χ3v) is 1.46. The van der Waals surface area contributed by atoms with Crippen LogP contribution in [0.3, 0.4) is 0 Å². The molecule has 0 aliphatic heterocycles. The number of hydrogen-bond acceptors (Lipinski definition) is 2. The van der Waals surface area contributed by atoms with E-state index in [-0.39, 0.29) is 11.5 Å². The molecule has 0 aromatic heterocycles. The Kier molecular flexibility index (Phi) is 4.04. The summed E-state index contributed by atoms with van der Waals surface area (Å²) in [5.74, 6) is 0. The molecule has 0 aliphatic carbocycles. The van der Waals surface area contributed by atoms with Crippen LogP contribution in [0.2, 0.25) is 0 Å². The van der Waals surface area contributed by atoms with Crippen molar-refractivity contribution < 1.29 is 10.2 Å². The molecule has 0 bridgehead atoms. The second-order valence-electron chi connectivity index (χ2n) is 4.50. The van der Waals surface area contributed by atoms with Crippen molar-refractivity contribution in [3.8, 4) is 0 Å². The Morgan fingerprint density at radius 2 is 1.64 bits per heavy atom. The van der Waals surface area contributed by atoms with Gasteiger partial charge in [0.15, 0.2) is 0 Å². The molecule has 2 N–H and O–H groups in total. The Bertz CT molecular complexity index is 103. The summed E-state index contributed by atoms with van der Waals surface area (Å²) in [6.45, 7) is 7.95. The SMILES string of the molecule is C[C@H](O)C[C@H](O)CC(C)(C)C. The first-order chi connectivity index (χ1) is 4.81. The molecule has 0 saturated carbocycles. The molecule has 2 nitrogen and oxygen atoms in total. The highest BCUT2D eigenvalue weighted by molar-refractivity contribution is 4.69. The standard InChI is InChI=1S/C9H20O2/c1-7(10)5-8(11)6-9(2,3)4/h7-8,10-11H,5-6H2,1-4H3/t7-,8-/m0/s1. The molecule has 0 heterocycles. The fourth-order valence-electron chi connectivity index (χ4n) is 1.18. The van der Waals surface area contributed by atoms with Crippen LogP contribution in [0.15, 0.2) is 0 Å². The molecule has 0 radical (unpaired) electrons. The van der Waals surface area contributed by atoms with Gasteiger partial charge in [-0.15, -0.1) is 0 Å². The summed E-state index contributed by atoms with van der Waals surface area (Å²) in [5.41, 5.74) is 0.147. The van der Waals surface area contributed by atoms with Gasteiger partial charge in [0, 0.05) is 0 Å². The van der Waals surface area contributed by atoms with Gasteiger partial charge in [0.1, 0.15) is 0 Å². The topological polar surface area (TPSA) is 40.5 Å². The van der Waals surface area contributed by atoms with Crippen molar-refractivity contribution >= 4 is 0 Å². The normalized spacial score (nSPS) is 18.0. The predicted molar refractivity (Wildman–Crippen MR) is 46.4 cm³/mol. The second-order valence-corrected chi connectivity index (χ2v) is 4.50. The molecule has 0 aromatic carbocycles. The highest BCUT2D eigenvalue weighted by atomic mass is 16.3. The first-order valence-corrected chi connectivity index (χ1v) is 4.17. The van der Waals surface area contributed by atoms with Crippen LogP contribution in [0.1, 0.15) is 40.5 Å². The van der Waals surface area contributed by atoms with E-state index < -0.39 is 6.10 Å². The lowest BCUT2D eigenvalue weighted by atomic mass is 9.88. The van der Waals surface area contributed by atoms with Gasteiger partial charge in [-0.3, -0.25) is 0 Å². The second kappa shape index (κ2) is 4.07. The van der Waals surface area contributed by atoms with E-state index in [1.54, 1.807) is 6.92 Å². The van der Waals surface area contributed by atoms with E-state index in [9.17, 15) is 5.11 Å². The molecule has 0 amide bonds. The summed E-state index contributed by atoms with van der Waals surface area (Å²) < 4.78 is 0. The van der Waals surface area contributed by atoms with Crippen molar-refractivity contribution in [3.05, 3.63) is 0 Å². The zero-order chi connectivity index (χ0) is 9.07. The van der Waals surface area contributed by atoms with Crippen LogP contribution < -0.4 is 0 Å². The molecular weight excluding hydrogens is 140 g/mol. The Hall–Kier alpha value is -0.0800. The molecule has 0 rings (SSSR count). The minimum absolute atomic E-state index is 0.147. The van der Waals surface area contributed by atoms with Gasteiger partial charge in [-0.25, -0.2) is 0 Å². The quantitative estimate of drug-likeness (QED) is 0.657. The number of aliphatic hydroxyl groups excluding tert-OH is 2. The number of rotatable bonds is 3. The summed E-state index contributed by atoms with van der Waals surface area (Å²) in [6.07, 6.45) is 0.470. The van der Waals surface area contributed by atoms with Gasteiger partial charge < -0.3 is 10.2 Å². The Balaban J connectivity index is 3.61. The fourth-order valence-corrected chi connectivity index (χ4v) is 1.18. The summed E-state index contributed by atoms with van der Waals surface area (Å²) in [4.78, 5) is 0. The Morgan fingerprint density at radius 3 is 1.91 bits per heavy atom. The van der Waals surface area contributed by atoms with Gasteiger partial charge in [-0.05, 0) is 25.2 Å². The minimum atomic E-state index is -0.396. The van der Waals surface area contributed by atoms with E-state index in [4.69, 9.17) is 5.11 Å². The molecule has 0 spiro atoms. The number of hydrogen-bond donors (Lipinski definition) is 2. The summed E-state index contributed by atoms with van der Waals surface area (Å²) in [6, 6.07) is 0. The molecule has 11 heavy (non-hydrogen) atoms. The van der Waals surface area contributed by atoms with Crippen molar-refractivity contribution in [1.82, 2.24) is 0 Å². The van der Waals surface area contributed by atoms with E-state index in [1.807, 2.05) is 0 Å². The van der Waals surface area contributed by atoms with Crippen LogP contribution in [-0.2, 0) is 0 Å². The predicted octanol–water partition coefficient (Wildman–Crippen LogP) is 1.55. The van der Waals surface area contributed by atoms with Crippen LogP contribution in [-0.4, -0.2) is 22.4 Å². The molecule has 68 valence electrons. The molecule has 0 unspecified atom stereocenters. The maximum atomic E-state index is 9.40. The van der Waals surface area contributed by atoms with Crippen LogP contribution in [0.4, 0.5) is 0 Å².